The van der Waals surface area contributed by atoms with Crippen molar-refractivity contribution in [3.63, 3.8) is 0 Å². The molecule has 1 fully saturated rings. The molecule has 110 valence electrons. The third-order valence-corrected chi connectivity index (χ3v) is 3.66. The molecular weight excluding hydrogens is 260 g/mol. The highest BCUT2D eigenvalue weighted by molar-refractivity contribution is 5.91. The van der Waals surface area contributed by atoms with Crippen molar-refractivity contribution < 1.29 is 14.7 Å². The highest BCUT2D eigenvalue weighted by atomic mass is 16.4. The van der Waals surface area contributed by atoms with E-state index in [-0.39, 0.29) is 18.1 Å². The second kappa shape index (κ2) is 6.49. The molecule has 0 spiro atoms. The summed E-state index contributed by atoms with van der Waals surface area (Å²) >= 11 is 0. The number of amides is 1. The molecule has 20 heavy (non-hydrogen) atoms. The molecule has 2 unspecified atom stereocenters. The largest absolute Gasteiger partial charge is 0.480 e. The Balaban J connectivity index is 1.82. The number of rotatable bonds is 5. The Morgan fingerprint density at radius 1 is 1.50 bits per heavy atom. The third-order valence-electron chi connectivity index (χ3n) is 3.66. The van der Waals surface area contributed by atoms with Crippen LogP contribution in [0.2, 0.25) is 0 Å². The van der Waals surface area contributed by atoms with E-state index in [2.05, 4.69) is 22.6 Å². The van der Waals surface area contributed by atoms with E-state index in [1.165, 1.54) is 19.0 Å². The molecular formula is C13H20N4O3. The smallest absolute Gasteiger partial charge is 0.325 e. The summed E-state index contributed by atoms with van der Waals surface area (Å²) in [7, 11) is 0. The van der Waals surface area contributed by atoms with E-state index in [1.807, 2.05) is 0 Å². The predicted octanol–water partition coefficient (Wildman–Crippen LogP) is 0.919. The van der Waals surface area contributed by atoms with Gasteiger partial charge in [-0.3, -0.25) is 9.59 Å². The molecule has 0 radical (unpaired) electrons. The van der Waals surface area contributed by atoms with Gasteiger partial charge in [0.25, 0.3) is 5.91 Å². The van der Waals surface area contributed by atoms with Gasteiger partial charge in [-0.05, 0) is 24.7 Å². The quantitative estimate of drug-likeness (QED) is 0.836. The minimum atomic E-state index is -1.02. The Labute approximate surface area is 117 Å². The van der Waals surface area contributed by atoms with E-state index in [0.717, 1.165) is 23.4 Å². The lowest BCUT2D eigenvalue weighted by Crippen LogP contribution is -2.31. The van der Waals surface area contributed by atoms with Gasteiger partial charge >= 0.3 is 5.97 Å². The molecule has 7 nitrogen and oxygen atoms in total. The predicted molar refractivity (Wildman–Crippen MR) is 71.1 cm³/mol. The maximum atomic E-state index is 11.9. The van der Waals surface area contributed by atoms with E-state index in [0.29, 0.717) is 12.5 Å². The van der Waals surface area contributed by atoms with Gasteiger partial charge in [-0.1, -0.05) is 25.0 Å². The van der Waals surface area contributed by atoms with Crippen LogP contribution < -0.4 is 5.32 Å². The zero-order chi connectivity index (χ0) is 14.5. The number of nitrogens with zero attached hydrogens (tertiary/aromatic N) is 3. The van der Waals surface area contributed by atoms with E-state index < -0.39 is 5.97 Å². The first kappa shape index (κ1) is 14.5. The van der Waals surface area contributed by atoms with Gasteiger partial charge in [-0.25, -0.2) is 4.68 Å². The Morgan fingerprint density at radius 3 is 3.00 bits per heavy atom. The minimum absolute atomic E-state index is 0.162. The molecule has 0 saturated heterocycles. The Hall–Kier alpha value is -1.92. The molecule has 1 saturated carbocycles. The first-order valence-electron chi connectivity index (χ1n) is 6.94. The third kappa shape index (κ3) is 4.04. The molecule has 2 atom stereocenters. The second-order valence-electron chi connectivity index (χ2n) is 5.54. The van der Waals surface area contributed by atoms with Crippen molar-refractivity contribution in [2.24, 2.45) is 11.8 Å². The van der Waals surface area contributed by atoms with Crippen molar-refractivity contribution in [2.75, 3.05) is 6.54 Å². The maximum Gasteiger partial charge on any atom is 0.325 e. The van der Waals surface area contributed by atoms with E-state index in [9.17, 15) is 9.59 Å². The zero-order valence-corrected chi connectivity index (χ0v) is 11.6. The lowest BCUT2D eigenvalue weighted by atomic mass is 9.82. The summed E-state index contributed by atoms with van der Waals surface area (Å²) in [6.07, 6.45) is 6.14. The van der Waals surface area contributed by atoms with Crippen molar-refractivity contribution in [3.8, 4) is 0 Å². The monoisotopic (exact) mass is 280 g/mol. The fraction of sp³-hybridized carbons (Fsp3) is 0.692. The van der Waals surface area contributed by atoms with E-state index >= 15 is 0 Å². The molecule has 2 N–H and O–H groups in total. The molecule has 7 heteroatoms. The van der Waals surface area contributed by atoms with Crippen molar-refractivity contribution in [1.82, 2.24) is 20.3 Å². The van der Waals surface area contributed by atoms with Crippen molar-refractivity contribution >= 4 is 11.9 Å². The van der Waals surface area contributed by atoms with Crippen LogP contribution in [0.5, 0.6) is 0 Å². The number of carbonyl (C=O) groups excluding carboxylic acids is 1. The number of carbonyl (C=O) groups is 2. The highest BCUT2D eigenvalue weighted by Crippen LogP contribution is 2.27. The summed E-state index contributed by atoms with van der Waals surface area (Å²) in [6, 6.07) is 0. The van der Waals surface area contributed by atoms with E-state index in [1.54, 1.807) is 0 Å². The number of carboxylic acid groups (broad SMARTS) is 1. The average molecular weight is 280 g/mol. The SMILES string of the molecule is CC1CCCC(CNC(=O)c2cn(CC(=O)O)nn2)C1. The van der Waals surface area contributed by atoms with Crippen LogP contribution in [0.25, 0.3) is 0 Å². The molecule has 1 aromatic rings. The van der Waals surface area contributed by atoms with Crippen LogP contribution >= 0.6 is 0 Å². The van der Waals surface area contributed by atoms with Crippen molar-refractivity contribution in [3.05, 3.63) is 11.9 Å². The fourth-order valence-electron chi connectivity index (χ4n) is 2.69. The average Bonchev–Trinajstić information content (AvgIpc) is 2.84. The van der Waals surface area contributed by atoms with Crippen LogP contribution in [-0.4, -0.2) is 38.5 Å². The van der Waals surface area contributed by atoms with Crippen LogP contribution in [0, 0.1) is 11.8 Å². The van der Waals surface area contributed by atoms with Crippen LogP contribution in [0.15, 0.2) is 6.20 Å². The highest BCUT2D eigenvalue weighted by Gasteiger charge is 2.20. The van der Waals surface area contributed by atoms with Crippen molar-refractivity contribution in [2.45, 2.75) is 39.2 Å². The molecule has 2 rings (SSSR count). The Kier molecular flexibility index (Phi) is 4.70. The summed E-state index contributed by atoms with van der Waals surface area (Å²) < 4.78 is 1.14. The summed E-state index contributed by atoms with van der Waals surface area (Å²) in [5.41, 5.74) is 0.162. The van der Waals surface area contributed by atoms with Crippen LogP contribution in [0.4, 0.5) is 0 Å². The second-order valence-corrected chi connectivity index (χ2v) is 5.54. The number of aromatic nitrogens is 3. The number of hydrogen-bond acceptors (Lipinski definition) is 4. The fourth-order valence-corrected chi connectivity index (χ4v) is 2.69. The van der Waals surface area contributed by atoms with Gasteiger partial charge in [-0.2, -0.15) is 0 Å². The van der Waals surface area contributed by atoms with Crippen LogP contribution in [0.3, 0.4) is 0 Å². The lowest BCUT2D eigenvalue weighted by molar-refractivity contribution is -0.137. The van der Waals surface area contributed by atoms with Gasteiger partial charge < -0.3 is 10.4 Å². The molecule has 0 bridgehead atoms. The molecule has 0 aliphatic heterocycles. The summed E-state index contributed by atoms with van der Waals surface area (Å²) in [6.45, 7) is 2.60. The van der Waals surface area contributed by atoms with Crippen LogP contribution in [0.1, 0.15) is 43.1 Å². The molecule has 1 amide bonds. The Bertz CT molecular complexity index is 486. The number of carboxylic acids is 1. The standard InChI is InChI=1S/C13H20N4O3/c1-9-3-2-4-10(5-9)6-14-13(20)11-7-17(16-15-11)8-12(18)19/h7,9-10H,2-6,8H2,1H3,(H,14,20)(H,18,19). The molecule has 1 heterocycles. The first-order chi connectivity index (χ1) is 9.54. The molecule has 1 aliphatic carbocycles. The summed E-state index contributed by atoms with van der Waals surface area (Å²) in [5, 5.41) is 18.8. The molecule has 1 aromatic heterocycles. The number of hydrogen-bond donors (Lipinski definition) is 2. The normalized spacial score (nSPS) is 22.4. The topological polar surface area (TPSA) is 97.1 Å². The molecule has 1 aliphatic rings. The minimum Gasteiger partial charge on any atom is -0.480 e. The van der Waals surface area contributed by atoms with E-state index in [4.69, 9.17) is 5.11 Å². The lowest BCUT2D eigenvalue weighted by Gasteiger charge is -2.26. The summed E-state index contributed by atoms with van der Waals surface area (Å²) in [4.78, 5) is 22.4. The zero-order valence-electron chi connectivity index (χ0n) is 11.6. The maximum absolute atomic E-state index is 11.9. The van der Waals surface area contributed by atoms with Gasteiger partial charge in [0.05, 0.1) is 6.20 Å². The Morgan fingerprint density at radius 2 is 2.30 bits per heavy atom. The first-order valence-corrected chi connectivity index (χ1v) is 6.94. The van der Waals surface area contributed by atoms with Crippen molar-refractivity contribution in [1.29, 1.82) is 0 Å². The van der Waals surface area contributed by atoms with Gasteiger partial charge in [0, 0.05) is 6.54 Å². The number of nitrogens with one attached hydrogen (secondary N) is 1. The molecule has 0 aromatic carbocycles. The van der Waals surface area contributed by atoms with Gasteiger partial charge in [0.15, 0.2) is 5.69 Å². The van der Waals surface area contributed by atoms with Gasteiger partial charge in [0.2, 0.25) is 0 Å². The van der Waals surface area contributed by atoms with Gasteiger partial charge in [-0.15, -0.1) is 5.10 Å². The summed E-state index contributed by atoms with van der Waals surface area (Å²) in [5.74, 6) is -0.0585. The number of aliphatic carboxylic acids is 1. The van der Waals surface area contributed by atoms with Gasteiger partial charge in [0.1, 0.15) is 6.54 Å². The van der Waals surface area contributed by atoms with Crippen LogP contribution in [-0.2, 0) is 11.3 Å².